The Bertz CT molecular complexity index is 1470. The van der Waals surface area contributed by atoms with Crippen molar-refractivity contribution >= 4 is 28.4 Å². The van der Waals surface area contributed by atoms with E-state index in [4.69, 9.17) is 9.97 Å². The molecule has 1 aliphatic carbocycles. The van der Waals surface area contributed by atoms with Crippen LogP contribution in [0.2, 0.25) is 0 Å². The van der Waals surface area contributed by atoms with E-state index in [2.05, 4.69) is 30.9 Å². The van der Waals surface area contributed by atoms with Crippen molar-refractivity contribution in [1.29, 1.82) is 0 Å². The van der Waals surface area contributed by atoms with Crippen molar-refractivity contribution in [2.45, 2.75) is 57.4 Å². The van der Waals surface area contributed by atoms with Crippen LogP contribution in [0.1, 0.15) is 55.6 Å². The molecule has 0 aromatic carbocycles. The second kappa shape index (κ2) is 10.5. The standard InChI is InChI=1S/C28H30F2N8/c1-16-12-21(29)25(30)37-26(16)36-23-13-18(7-11-33-23)27-35-22-15-32-14-20(17-4-2-5-17)24(22)28(38-27)34-19-6-3-9-31-10-8-19/h7,11-15,17,19,31H,2-6,8-10H2,1H3,(H,33,36,37)(H,34,35,38). The summed E-state index contributed by atoms with van der Waals surface area (Å²) in [6.45, 7) is 3.66. The number of nitrogens with one attached hydrogen (secondary N) is 3. The summed E-state index contributed by atoms with van der Waals surface area (Å²) in [5.74, 6) is 0.348. The zero-order chi connectivity index (χ0) is 26.1. The summed E-state index contributed by atoms with van der Waals surface area (Å²) < 4.78 is 27.3. The molecule has 1 unspecified atom stereocenters. The van der Waals surface area contributed by atoms with E-state index in [0.717, 1.165) is 73.5 Å². The summed E-state index contributed by atoms with van der Waals surface area (Å²) in [6, 6.07) is 5.04. The minimum atomic E-state index is -1.16. The van der Waals surface area contributed by atoms with Gasteiger partial charge in [0.15, 0.2) is 11.6 Å². The second-order valence-corrected chi connectivity index (χ2v) is 10.1. The first kappa shape index (κ1) is 24.5. The number of nitrogens with zero attached hydrogens (tertiary/aromatic N) is 5. The van der Waals surface area contributed by atoms with Crippen molar-refractivity contribution in [3.63, 3.8) is 0 Å². The first-order valence-corrected chi connectivity index (χ1v) is 13.2. The van der Waals surface area contributed by atoms with Gasteiger partial charge in [0, 0.05) is 29.4 Å². The molecule has 0 radical (unpaired) electrons. The SMILES string of the molecule is Cc1cc(F)c(F)nc1Nc1cc(-c2nc(NC3CCCNCC3)c3c(C4CCC4)cncc3n2)ccn1. The number of aryl methyl sites for hydroxylation is 1. The maximum atomic E-state index is 13.8. The van der Waals surface area contributed by atoms with Gasteiger partial charge in [-0.05, 0) is 87.4 Å². The van der Waals surface area contributed by atoms with Gasteiger partial charge in [0.1, 0.15) is 17.5 Å². The van der Waals surface area contributed by atoms with Crippen LogP contribution in [0.15, 0.2) is 36.8 Å². The van der Waals surface area contributed by atoms with E-state index >= 15 is 0 Å². The van der Waals surface area contributed by atoms with Crippen LogP contribution >= 0.6 is 0 Å². The number of pyridine rings is 3. The van der Waals surface area contributed by atoms with Crippen molar-refractivity contribution in [1.82, 2.24) is 30.2 Å². The Labute approximate surface area is 219 Å². The number of hydrogen-bond donors (Lipinski definition) is 3. The average Bonchev–Trinajstić information content (AvgIpc) is 3.15. The molecular weight excluding hydrogens is 486 g/mol. The number of anilines is 3. The van der Waals surface area contributed by atoms with Gasteiger partial charge in [0.05, 0.1) is 11.7 Å². The topological polar surface area (TPSA) is 101 Å². The lowest BCUT2D eigenvalue weighted by atomic mass is 9.79. The molecule has 196 valence electrons. The highest BCUT2D eigenvalue weighted by molar-refractivity contribution is 5.93. The Morgan fingerprint density at radius 3 is 2.68 bits per heavy atom. The van der Waals surface area contributed by atoms with Gasteiger partial charge in [-0.2, -0.15) is 9.37 Å². The molecular formula is C28H30F2N8. The molecule has 4 aromatic rings. The number of halogens is 2. The summed E-state index contributed by atoms with van der Waals surface area (Å²) in [7, 11) is 0. The summed E-state index contributed by atoms with van der Waals surface area (Å²) in [4.78, 5) is 22.5. The van der Waals surface area contributed by atoms with Crippen LogP contribution < -0.4 is 16.0 Å². The van der Waals surface area contributed by atoms with Crippen molar-refractivity contribution in [3.05, 3.63) is 59.7 Å². The highest BCUT2D eigenvalue weighted by atomic mass is 19.2. The molecule has 6 rings (SSSR count). The highest BCUT2D eigenvalue weighted by Crippen LogP contribution is 2.41. The first-order valence-electron chi connectivity index (χ1n) is 13.2. The van der Waals surface area contributed by atoms with Gasteiger partial charge in [0.25, 0.3) is 5.95 Å². The van der Waals surface area contributed by atoms with E-state index in [9.17, 15) is 8.78 Å². The fourth-order valence-corrected chi connectivity index (χ4v) is 5.17. The van der Waals surface area contributed by atoms with E-state index in [1.54, 1.807) is 25.4 Å². The molecule has 4 aromatic heterocycles. The van der Waals surface area contributed by atoms with Crippen LogP contribution in [-0.4, -0.2) is 44.1 Å². The third kappa shape index (κ3) is 5.00. The average molecular weight is 517 g/mol. The van der Waals surface area contributed by atoms with Crippen LogP contribution in [0.4, 0.5) is 26.2 Å². The van der Waals surface area contributed by atoms with E-state index in [-0.39, 0.29) is 5.82 Å². The van der Waals surface area contributed by atoms with E-state index in [1.165, 1.54) is 12.0 Å². The van der Waals surface area contributed by atoms with Gasteiger partial charge < -0.3 is 16.0 Å². The molecule has 3 N–H and O–H groups in total. The number of fused-ring (bicyclic) bond motifs is 1. The maximum Gasteiger partial charge on any atom is 0.250 e. The normalized spacial score (nSPS) is 18.1. The van der Waals surface area contributed by atoms with E-state index < -0.39 is 11.8 Å². The number of rotatable bonds is 6. The molecule has 10 heteroatoms. The van der Waals surface area contributed by atoms with Gasteiger partial charge in [-0.25, -0.2) is 19.3 Å². The first-order chi connectivity index (χ1) is 18.5. The zero-order valence-corrected chi connectivity index (χ0v) is 21.3. The van der Waals surface area contributed by atoms with Crippen molar-refractivity contribution in [2.24, 2.45) is 0 Å². The summed E-state index contributed by atoms with van der Waals surface area (Å²) >= 11 is 0. The minimum absolute atomic E-state index is 0.201. The lowest BCUT2D eigenvalue weighted by Gasteiger charge is -2.28. The Balaban J connectivity index is 1.39. The molecule has 1 saturated carbocycles. The zero-order valence-electron chi connectivity index (χ0n) is 21.3. The molecule has 1 aliphatic heterocycles. The molecule has 2 fully saturated rings. The van der Waals surface area contributed by atoms with Gasteiger partial charge in [-0.1, -0.05) is 6.42 Å². The third-order valence-electron chi connectivity index (χ3n) is 7.49. The molecule has 5 heterocycles. The third-order valence-corrected chi connectivity index (χ3v) is 7.49. The Hall–Kier alpha value is -3.79. The fraction of sp³-hybridized carbons (Fsp3) is 0.393. The summed E-state index contributed by atoms with van der Waals surface area (Å²) in [5, 5.41) is 11.3. The van der Waals surface area contributed by atoms with Crippen LogP contribution in [0.25, 0.3) is 22.3 Å². The summed E-state index contributed by atoms with van der Waals surface area (Å²) in [6.07, 6.45) is 12.2. The van der Waals surface area contributed by atoms with Crippen LogP contribution in [0, 0.1) is 18.7 Å². The fourth-order valence-electron chi connectivity index (χ4n) is 5.17. The quantitative estimate of drug-likeness (QED) is 0.284. The van der Waals surface area contributed by atoms with Gasteiger partial charge in [0.2, 0.25) is 0 Å². The Kier molecular flexibility index (Phi) is 6.80. The van der Waals surface area contributed by atoms with Gasteiger partial charge >= 0.3 is 0 Å². The smallest absolute Gasteiger partial charge is 0.250 e. The van der Waals surface area contributed by atoms with E-state index in [0.29, 0.717) is 29.2 Å². The lowest BCUT2D eigenvalue weighted by Crippen LogP contribution is -2.23. The summed E-state index contributed by atoms with van der Waals surface area (Å²) in [5.41, 5.74) is 3.23. The largest absolute Gasteiger partial charge is 0.367 e. The molecule has 8 nitrogen and oxygen atoms in total. The number of aromatic nitrogens is 5. The highest BCUT2D eigenvalue weighted by Gasteiger charge is 2.25. The molecule has 1 atom stereocenters. The molecule has 0 amide bonds. The maximum absolute atomic E-state index is 13.8. The molecule has 1 saturated heterocycles. The van der Waals surface area contributed by atoms with Gasteiger partial charge in [-0.3, -0.25) is 4.98 Å². The lowest BCUT2D eigenvalue weighted by molar-refractivity contribution is 0.421. The van der Waals surface area contributed by atoms with Crippen LogP contribution in [0.3, 0.4) is 0 Å². The van der Waals surface area contributed by atoms with Crippen molar-refractivity contribution in [2.75, 3.05) is 23.7 Å². The Morgan fingerprint density at radius 1 is 0.947 bits per heavy atom. The second-order valence-electron chi connectivity index (χ2n) is 10.1. The van der Waals surface area contributed by atoms with Gasteiger partial charge in [-0.15, -0.1) is 0 Å². The van der Waals surface area contributed by atoms with Crippen molar-refractivity contribution < 1.29 is 8.78 Å². The van der Waals surface area contributed by atoms with Crippen molar-refractivity contribution in [3.8, 4) is 11.4 Å². The molecule has 0 bridgehead atoms. The predicted octanol–water partition coefficient (Wildman–Crippen LogP) is 5.63. The van der Waals surface area contributed by atoms with E-state index in [1.807, 2.05) is 12.3 Å². The predicted molar refractivity (Wildman–Crippen MR) is 143 cm³/mol. The number of hydrogen-bond acceptors (Lipinski definition) is 8. The Morgan fingerprint density at radius 2 is 1.84 bits per heavy atom. The van der Waals surface area contributed by atoms with Crippen LogP contribution in [-0.2, 0) is 0 Å². The molecule has 2 aliphatic rings. The molecule has 0 spiro atoms. The van der Waals surface area contributed by atoms with Crippen LogP contribution in [0.5, 0.6) is 0 Å². The molecule has 38 heavy (non-hydrogen) atoms. The monoisotopic (exact) mass is 516 g/mol. The minimum Gasteiger partial charge on any atom is -0.367 e.